The molecule has 1 aromatic carbocycles. The number of aromatic hydroxyl groups is 1. The molecule has 0 aliphatic carbocycles. The highest BCUT2D eigenvalue weighted by Gasteiger charge is 2.19. The van der Waals surface area contributed by atoms with Crippen LogP contribution in [0.4, 0.5) is 4.39 Å². The number of benzene rings is 1. The molecule has 0 atom stereocenters. The lowest BCUT2D eigenvalue weighted by molar-refractivity contribution is 0.0696. The first kappa shape index (κ1) is 16.3. The second-order valence-electron chi connectivity index (χ2n) is 4.17. The van der Waals surface area contributed by atoms with Gasteiger partial charge in [-0.05, 0) is 12.1 Å². The predicted molar refractivity (Wildman–Crippen MR) is 77.2 cm³/mol. The Labute approximate surface area is 122 Å². The van der Waals surface area contributed by atoms with Crippen LogP contribution in [-0.4, -0.2) is 47.7 Å². The summed E-state index contributed by atoms with van der Waals surface area (Å²) in [4.78, 5) is 14.0. The van der Waals surface area contributed by atoms with E-state index in [0.29, 0.717) is 19.6 Å². The number of hydrogen-bond donors (Lipinski definition) is 2. The zero-order valence-electron chi connectivity index (χ0n) is 11.1. The summed E-state index contributed by atoms with van der Waals surface area (Å²) in [5.74, 6) is -1.49. The molecule has 0 aromatic heterocycles. The number of rotatable bonds is 7. The first-order chi connectivity index (χ1) is 9.45. The molecule has 0 unspecified atom stereocenters. The van der Waals surface area contributed by atoms with Crippen LogP contribution in [0.5, 0.6) is 5.75 Å². The largest absolute Gasteiger partial charge is 0.508 e. The van der Waals surface area contributed by atoms with Crippen LogP contribution in [0.1, 0.15) is 16.8 Å². The van der Waals surface area contributed by atoms with Crippen molar-refractivity contribution < 1.29 is 19.0 Å². The van der Waals surface area contributed by atoms with E-state index in [4.69, 9.17) is 27.8 Å². The van der Waals surface area contributed by atoms with E-state index in [2.05, 4.69) is 0 Å². The number of carbonyl (C=O) groups is 1. The molecule has 5 nitrogen and oxygen atoms in total. The summed E-state index contributed by atoms with van der Waals surface area (Å²) >= 11 is 4.77. The molecule has 1 aromatic rings. The van der Waals surface area contributed by atoms with Gasteiger partial charge in [0.1, 0.15) is 11.6 Å². The standard InChI is InChI=1S/C13H17FN2O3S/c1-19-7-6-16(5-4-12(15)20)13(18)10-3-2-9(17)8-11(10)14/h2-3,8,17H,4-7H2,1H3,(H2,15,20). The molecule has 0 spiro atoms. The van der Waals surface area contributed by atoms with Crippen LogP contribution < -0.4 is 5.73 Å². The van der Waals surface area contributed by atoms with E-state index in [-0.39, 0.29) is 22.8 Å². The molecular weight excluding hydrogens is 283 g/mol. The molecule has 1 rings (SSSR count). The van der Waals surface area contributed by atoms with Crippen LogP contribution in [0.3, 0.4) is 0 Å². The maximum atomic E-state index is 13.7. The highest BCUT2D eigenvalue weighted by molar-refractivity contribution is 7.80. The molecule has 20 heavy (non-hydrogen) atoms. The van der Waals surface area contributed by atoms with Gasteiger partial charge in [0.05, 0.1) is 17.2 Å². The van der Waals surface area contributed by atoms with E-state index in [1.807, 2.05) is 0 Å². The van der Waals surface area contributed by atoms with Crippen LogP contribution in [0, 0.1) is 5.82 Å². The number of amides is 1. The SMILES string of the molecule is COCCN(CCC(N)=S)C(=O)c1ccc(O)cc1F. The maximum Gasteiger partial charge on any atom is 0.256 e. The van der Waals surface area contributed by atoms with Gasteiger partial charge in [-0.3, -0.25) is 4.79 Å². The molecule has 7 heteroatoms. The van der Waals surface area contributed by atoms with Gasteiger partial charge in [-0.1, -0.05) is 12.2 Å². The minimum Gasteiger partial charge on any atom is -0.508 e. The Morgan fingerprint density at radius 1 is 1.50 bits per heavy atom. The smallest absolute Gasteiger partial charge is 0.256 e. The number of halogens is 1. The maximum absolute atomic E-state index is 13.7. The van der Waals surface area contributed by atoms with E-state index in [1.165, 1.54) is 24.1 Å². The monoisotopic (exact) mass is 300 g/mol. The fourth-order valence-electron chi connectivity index (χ4n) is 1.61. The topological polar surface area (TPSA) is 75.8 Å². The molecule has 0 radical (unpaired) electrons. The lowest BCUT2D eigenvalue weighted by Gasteiger charge is -2.22. The van der Waals surface area contributed by atoms with Crippen molar-refractivity contribution in [3.05, 3.63) is 29.6 Å². The fourth-order valence-corrected chi connectivity index (χ4v) is 1.70. The number of thiocarbonyl (C=S) groups is 1. The molecule has 0 saturated carbocycles. The van der Waals surface area contributed by atoms with Gasteiger partial charge in [0.2, 0.25) is 0 Å². The lowest BCUT2D eigenvalue weighted by atomic mass is 10.1. The summed E-state index contributed by atoms with van der Waals surface area (Å²) in [5, 5.41) is 9.16. The summed E-state index contributed by atoms with van der Waals surface area (Å²) in [6, 6.07) is 3.40. The Balaban J connectivity index is 2.87. The van der Waals surface area contributed by atoms with Crippen molar-refractivity contribution in [2.75, 3.05) is 26.8 Å². The zero-order chi connectivity index (χ0) is 15.1. The summed E-state index contributed by atoms with van der Waals surface area (Å²) in [6.07, 6.45) is 0.352. The number of phenolic OH excluding ortho intramolecular Hbond substituents is 1. The van der Waals surface area contributed by atoms with Crippen molar-refractivity contribution in [3.8, 4) is 5.75 Å². The quantitative estimate of drug-likeness (QED) is 0.742. The summed E-state index contributed by atoms with van der Waals surface area (Å²) in [5.41, 5.74) is 5.30. The second kappa shape index (κ2) is 7.76. The first-order valence-electron chi connectivity index (χ1n) is 6.00. The van der Waals surface area contributed by atoms with Crippen molar-refractivity contribution in [3.63, 3.8) is 0 Å². The van der Waals surface area contributed by atoms with Crippen molar-refractivity contribution in [2.45, 2.75) is 6.42 Å². The Kier molecular flexibility index (Phi) is 6.33. The zero-order valence-corrected chi connectivity index (χ0v) is 12.0. The first-order valence-corrected chi connectivity index (χ1v) is 6.41. The van der Waals surface area contributed by atoms with Crippen LogP contribution in [-0.2, 0) is 4.74 Å². The van der Waals surface area contributed by atoms with Crippen LogP contribution >= 0.6 is 12.2 Å². The van der Waals surface area contributed by atoms with Gasteiger partial charge in [-0.25, -0.2) is 4.39 Å². The molecule has 0 aliphatic heterocycles. The van der Waals surface area contributed by atoms with Crippen molar-refractivity contribution in [2.24, 2.45) is 5.73 Å². The predicted octanol–water partition coefficient (Wildman–Crippen LogP) is 1.30. The summed E-state index contributed by atoms with van der Waals surface area (Å²) < 4.78 is 18.6. The third-order valence-corrected chi connectivity index (χ3v) is 2.87. The Morgan fingerprint density at radius 2 is 2.20 bits per heavy atom. The number of ether oxygens (including phenoxy) is 1. The number of nitrogens with zero attached hydrogens (tertiary/aromatic N) is 1. The lowest BCUT2D eigenvalue weighted by Crippen LogP contribution is -2.36. The van der Waals surface area contributed by atoms with Crippen molar-refractivity contribution in [1.29, 1.82) is 0 Å². The minimum absolute atomic E-state index is 0.109. The number of methoxy groups -OCH3 is 1. The highest BCUT2D eigenvalue weighted by Crippen LogP contribution is 2.17. The Morgan fingerprint density at radius 3 is 2.75 bits per heavy atom. The number of carbonyl (C=O) groups excluding carboxylic acids is 1. The van der Waals surface area contributed by atoms with Gasteiger partial charge < -0.3 is 20.5 Å². The number of hydrogen-bond acceptors (Lipinski definition) is 4. The van der Waals surface area contributed by atoms with Crippen LogP contribution in [0.15, 0.2) is 18.2 Å². The molecule has 3 N–H and O–H groups in total. The molecule has 0 fully saturated rings. The minimum atomic E-state index is -0.771. The third-order valence-electron chi connectivity index (χ3n) is 2.66. The molecule has 1 amide bonds. The van der Waals surface area contributed by atoms with E-state index in [0.717, 1.165) is 6.07 Å². The van der Waals surface area contributed by atoms with E-state index < -0.39 is 11.7 Å². The molecule has 0 aliphatic rings. The molecule has 110 valence electrons. The summed E-state index contributed by atoms with van der Waals surface area (Å²) in [7, 11) is 1.51. The van der Waals surface area contributed by atoms with Crippen molar-refractivity contribution in [1.82, 2.24) is 4.90 Å². The van der Waals surface area contributed by atoms with Gasteiger partial charge >= 0.3 is 0 Å². The van der Waals surface area contributed by atoms with Crippen molar-refractivity contribution >= 4 is 23.1 Å². The average Bonchev–Trinajstić information content (AvgIpc) is 2.38. The van der Waals surface area contributed by atoms with E-state index >= 15 is 0 Å². The van der Waals surface area contributed by atoms with Gasteiger partial charge in [-0.2, -0.15) is 0 Å². The highest BCUT2D eigenvalue weighted by atomic mass is 32.1. The van der Waals surface area contributed by atoms with E-state index in [1.54, 1.807) is 0 Å². The normalized spacial score (nSPS) is 10.3. The van der Waals surface area contributed by atoms with Crippen LogP contribution in [0.25, 0.3) is 0 Å². The third kappa shape index (κ3) is 4.75. The molecular formula is C13H17FN2O3S. The Bertz CT molecular complexity index is 497. The Hall–Kier alpha value is -1.73. The van der Waals surface area contributed by atoms with Gasteiger partial charge in [-0.15, -0.1) is 0 Å². The van der Waals surface area contributed by atoms with Gasteiger partial charge in [0, 0.05) is 32.7 Å². The molecule has 0 bridgehead atoms. The van der Waals surface area contributed by atoms with Gasteiger partial charge in [0.25, 0.3) is 5.91 Å². The van der Waals surface area contributed by atoms with Crippen LogP contribution in [0.2, 0.25) is 0 Å². The number of phenols is 1. The second-order valence-corrected chi connectivity index (χ2v) is 4.69. The average molecular weight is 300 g/mol. The fraction of sp³-hybridized carbons (Fsp3) is 0.385. The molecule has 0 heterocycles. The summed E-state index contributed by atoms with van der Waals surface area (Å²) in [6.45, 7) is 0.916. The van der Waals surface area contributed by atoms with Gasteiger partial charge in [0.15, 0.2) is 0 Å². The number of nitrogens with two attached hydrogens (primary N) is 1. The van der Waals surface area contributed by atoms with E-state index in [9.17, 15) is 9.18 Å². The molecule has 0 saturated heterocycles.